The molecule has 8 nitrogen and oxygen atoms in total. The Morgan fingerprint density at radius 1 is 1.00 bits per heavy atom. The van der Waals surface area contributed by atoms with Crippen molar-refractivity contribution in [1.82, 2.24) is 9.55 Å². The molecule has 30 heavy (non-hydrogen) atoms. The van der Waals surface area contributed by atoms with Crippen LogP contribution in [-0.4, -0.2) is 26.3 Å². The second-order valence-electron chi connectivity index (χ2n) is 6.50. The number of hydrogen-bond donors (Lipinski definition) is 2. The van der Waals surface area contributed by atoms with E-state index in [1.54, 1.807) is 37.3 Å². The van der Waals surface area contributed by atoms with Crippen LogP contribution in [0.5, 0.6) is 5.88 Å². The number of anilines is 1. The Balaban J connectivity index is 1.81. The molecule has 0 unspecified atom stereocenters. The number of benzene rings is 2. The summed E-state index contributed by atoms with van der Waals surface area (Å²) in [5, 5.41) is 15.9. The topological polar surface area (TPSA) is 108 Å². The fraction of sp³-hybridized carbons (Fsp3) is 0.0476. The van der Waals surface area contributed by atoms with Gasteiger partial charge in [-0.15, -0.1) is 0 Å². The lowest BCUT2D eigenvalue weighted by Gasteiger charge is -2.12. The molecule has 0 atom stereocenters. The second-order valence-corrected chi connectivity index (χ2v) is 6.50. The number of carbonyl (C=O) groups excluding carboxylic acids is 1. The van der Waals surface area contributed by atoms with Gasteiger partial charge in [0.2, 0.25) is 5.88 Å². The van der Waals surface area contributed by atoms with Crippen LogP contribution in [0, 0.1) is 5.82 Å². The van der Waals surface area contributed by atoms with E-state index in [0.717, 1.165) is 9.58 Å². The van der Waals surface area contributed by atoms with Gasteiger partial charge < -0.3 is 5.11 Å². The number of hydrogen-bond acceptors (Lipinski definition) is 5. The molecule has 0 fully saturated rings. The van der Waals surface area contributed by atoms with Crippen LogP contribution in [0.2, 0.25) is 0 Å². The van der Waals surface area contributed by atoms with Crippen molar-refractivity contribution in [3.8, 4) is 11.6 Å². The number of hydrazone groups is 1. The van der Waals surface area contributed by atoms with Crippen LogP contribution >= 0.6 is 0 Å². The molecule has 2 aromatic carbocycles. The molecule has 1 aromatic heterocycles. The van der Waals surface area contributed by atoms with Gasteiger partial charge in [-0.05, 0) is 49.4 Å². The van der Waals surface area contributed by atoms with E-state index in [-0.39, 0.29) is 11.1 Å². The molecule has 9 heteroatoms. The Morgan fingerprint density at radius 2 is 1.67 bits per heavy atom. The summed E-state index contributed by atoms with van der Waals surface area (Å²) in [5.74, 6) is -1.62. The van der Waals surface area contributed by atoms with Crippen molar-refractivity contribution in [2.45, 2.75) is 6.92 Å². The maximum atomic E-state index is 13.2. The summed E-state index contributed by atoms with van der Waals surface area (Å²) in [5.41, 5.74) is -0.903. The Bertz CT molecular complexity index is 1320. The van der Waals surface area contributed by atoms with Crippen LogP contribution in [0.25, 0.3) is 11.8 Å². The van der Waals surface area contributed by atoms with Crippen molar-refractivity contribution in [1.29, 1.82) is 0 Å². The summed E-state index contributed by atoms with van der Waals surface area (Å²) in [6, 6.07) is 13.4. The predicted molar refractivity (Wildman–Crippen MR) is 109 cm³/mol. The molecule has 0 saturated carbocycles. The molecule has 150 valence electrons. The first-order chi connectivity index (χ1) is 14.4. The maximum Gasteiger partial charge on any atom is 0.335 e. The largest absolute Gasteiger partial charge is 0.494 e. The fourth-order valence-corrected chi connectivity index (χ4v) is 3.07. The zero-order chi connectivity index (χ0) is 21.4. The Kier molecular flexibility index (Phi) is 4.63. The molecular formula is C21H15FN4O4. The third-order valence-electron chi connectivity index (χ3n) is 4.56. The first-order valence-corrected chi connectivity index (χ1v) is 8.88. The lowest BCUT2D eigenvalue weighted by molar-refractivity contribution is -0.114. The molecular weight excluding hydrogens is 391 g/mol. The van der Waals surface area contributed by atoms with Crippen LogP contribution in [-0.2, 0) is 4.79 Å². The molecule has 3 aromatic rings. The van der Waals surface area contributed by atoms with E-state index in [1.807, 2.05) is 0 Å². The number of H-pyrrole nitrogens is 1. The van der Waals surface area contributed by atoms with Gasteiger partial charge in [-0.2, -0.15) is 10.1 Å². The highest BCUT2D eigenvalue weighted by atomic mass is 19.1. The van der Waals surface area contributed by atoms with Crippen molar-refractivity contribution < 1.29 is 14.3 Å². The number of nitrogens with zero attached hydrogens (tertiary/aromatic N) is 3. The van der Waals surface area contributed by atoms with Gasteiger partial charge in [-0.1, -0.05) is 18.2 Å². The number of amides is 1. The van der Waals surface area contributed by atoms with Gasteiger partial charge in [0.15, 0.2) is 0 Å². The summed E-state index contributed by atoms with van der Waals surface area (Å²) in [7, 11) is 0. The summed E-state index contributed by atoms with van der Waals surface area (Å²) in [4.78, 5) is 39.6. The van der Waals surface area contributed by atoms with Crippen LogP contribution in [0.4, 0.5) is 10.1 Å². The van der Waals surface area contributed by atoms with Crippen LogP contribution < -0.4 is 16.3 Å². The van der Waals surface area contributed by atoms with Crippen molar-refractivity contribution in [2.75, 3.05) is 5.01 Å². The summed E-state index contributed by atoms with van der Waals surface area (Å²) >= 11 is 0. The highest BCUT2D eigenvalue weighted by Gasteiger charge is 2.29. The first kappa shape index (κ1) is 19.1. The van der Waals surface area contributed by atoms with Crippen LogP contribution in [0.1, 0.15) is 12.5 Å². The number of carbonyl (C=O) groups is 1. The molecule has 0 saturated heterocycles. The number of halogens is 1. The average molecular weight is 406 g/mol. The van der Waals surface area contributed by atoms with Crippen molar-refractivity contribution >= 4 is 23.4 Å². The minimum absolute atomic E-state index is 0.0541. The molecule has 1 amide bonds. The van der Waals surface area contributed by atoms with Crippen molar-refractivity contribution in [2.24, 2.45) is 5.10 Å². The average Bonchev–Trinajstić information content (AvgIpc) is 3.00. The Morgan fingerprint density at radius 3 is 2.33 bits per heavy atom. The number of nitrogens with one attached hydrogen (secondary N) is 1. The highest BCUT2D eigenvalue weighted by molar-refractivity contribution is 6.32. The third-order valence-corrected chi connectivity index (χ3v) is 4.56. The van der Waals surface area contributed by atoms with Crippen LogP contribution in [0.15, 0.2) is 74.9 Å². The van der Waals surface area contributed by atoms with Gasteiger partial charge in [-0.3, -0.25) is 14.6 Å². The quantitative estimate of drug-likeness (QED) is 0.650. The van der Waals surface area contributed by atoms with Crippen LogP contribution in [0.3, 0.4) is 0 Å². The van der Waals surface area contributed by atoms with Crippen molar-refractivity contribution in [3.63, 3.8) is 0 Å². The van der Waals surface area contributed by atoms with E-state index in [2.05, 4.69) is 10.1 Å². The van der Waals surface area contributed by atoms with Gasteiger partial charge >= 0.3 is 5.69 Å². The van der Waals surface area contributed by atoms with E-state index >= 15 is 0 Å². The minimum Gasteiger partial charge on any atom is -0.494 e. The molecule has 4 rings (SSSR count). The molecule has 0 radical (unpaired) electrons. The van der Waals surface area contributed by atoms with E-state index in [0.29, 0.717) is 17.1 Å². The zero-order valence-corrected chi connectivity index (χ0v) is 15.7. The lowest BCUT2D eigenvalue weighted by Crippen LogP contribution is -2.30. The second kappa shape index (κ2) is 7.28. The first-order valence-electron chi connectivity index (χ1n) is 8.88. The number of aromatic amines is 1. The van der Waals surface area contributed by atoms with Gasteiger partial charge in [0.25, 0.3) is 11.5 Å². The van der Waals surface area contributed by atoms with Crippen molar-refractivity contribution in [3.05, 3.63) is 92.4 Å². The van der Waals surface area contributed by atoms with Gasteiger partial charge in [0, 0.05) is 0 Å². The Hall–Kier alpha value is -4.27. The molecule has 2 N–H and O–H groups in total. The Labute approximate surface area is 168 Å². The van der Waals surface area contributed by atoms with Gasteiger partial charge in [0.1, 0.15) is 11.4 Å². The normalized spacial score (nSPS) is 15.0. The molecule has 1 aliphatic heterocycles. The smallest absolute Gasteiger partial charge is 0.335 e. The number of para-hydroxylation sites is 1. The molecule has 1 aliphatic rings. The molecule has 2 heterocycles. The summed E-state index contributed by atoms with van der Waals surface area (Å²) in [6.45, 7) is 1.56. The van der Waals surface area contributed by atoms with E-state index in [9.17, 15) is 23.9 Å². The standard InChI is InChI=1S/C21H15FN4O4/c1-12-16(20(29)26(24-12)15-9-7-13(22)8-10-15)11-17-18(27)23-21(30)25(19(17)28)14-5-3-2-4-6-14/h2-11,28H,1H3,(H,23,27,30). The SMILES string of the molecule is CC1=NN(c2ccc(F)cc2)C(=O)C1=Cc1c(O)n(-c2ccccc2)c(=O)[nH]c1=O. The van der Waals surface area contributed by atoms with Gasteiger partial charge in [0.05, 0.1) is 22.7 Å². The highest BCUT2D eigenvalue weighted by Crippen LogP contribution is 2.26. The lowest BCUT2D eigenvalue weighted by atomic mass is 10.1. The minimum atomic E-state index is -0.849. The number of aromatic hydroxyl groups is 1. The monoisotopic (exact) mass is 406 g/mol. The van der Waals surface area contributed by atoms with E-state index < -0.39 is 28.9 Å². The number of aromatic nitrogens is 2. The van der Waals surface area contributed by atoms with Gasteiger partial charge in [-0.25, -0.2) is 13.8 Å². The molecule has 0 aliphatic carbocycles. The predicted octanol–water partition coefficient (Wildman–Crippen LogP) is 2.18. The van der Waals surface area contributed by atoms with E-state index in [1.165, 1.54) is 30.3 Å². The molecule has 0 spiro atoms. The molecule has 0 bridgehead atoms. The fourth-order valence-electron chi connectivity index (χ4n) is 3.07. The number of rotatable bonds is 3. The summed E-state index contributed by atoms with van der Waals surface area (Å²) < 4.78 is 14.1. The zero-order valence-electron chi connectivity index (χ0n) is 15.7. The third kappa shape index (κ3) is 3.22. The maximum absolute atomic E-state index is 13.2. The van der Waals surface area contributed by atoms with E-state index in [4.69, 9.17) is 0 Å². The summed E-state index contributed by atoms with van der Waals surface area (Å²) in [6.07, 6.45) is 1.18.